The molecule has 0 aliphatic carbocycles. The van der Waals surface area contributed by atoms with Crippen LogP contribution in [-0.2, 0) is 17.5 Å². The van der Waals surface area contributed by atoms with Gasteiger partial charge in [0.1, 0.15) is 0 Å². The number of hydrogen-bond acceptors (Lipinski definition) is 2. The molecule has 0 aliphatic heterocycles. The molecule has 0 fully saturated rings. The van der Waals surface area contributed by atoms with Crippen LogP contribution in [0.1, 0.15) is 18.1 Å². The van der Waals surface area contributed by atoms with Crippen LogP contribution in [-0.4, -0.2) is 20.3 Å². The third-order valence-electron chi connectivity index (χ3n) is 2.55. The van der Waals surface area contributed by atoms with E-state index in [9.17, 15) is 13.2 Å². The number of hydrogen-bond donors (Lipinski definition) is 1. The quantitative estimate of drug-likeness (QED) is 0.849. The van der Waals surface area contributed by atoms with Gasteiger partial charge in [-0.05, 0) is 23.6 Å². The summed E-state index contributed by atoms with van der Waals surface area (Å²) in [7, 11) is 1.65. The van der Waals surface area contributed by atoms with E-state index in [2.05, 4.69) is 5.32 Å². The number of halogens is 3. The van der Waals surface area contributed by atoms with Crippen LogP contribution in [0.15, 0.2) is 24.3 Å². The van der Waals surface area contributed by atoms with Crippen LogP contribution in [0.25, 0.3) is 0 Å². The maximum absolute atomic E-state index is 12.3. The molecule has 0 radical (unpaired) electrons. The fourth-order valence-electron chi connectivity index (χ4n) is 1.62. The zero-order chi connectivity index (χ0) is 13.6. The SMILES string of the molecule is COCC(C)CNCc1ccc(C(F)(F)F)cc1. The topological polar surface area (TPSA) is 21.3 Å². The Morgan fingerprint density at radius 1 is 1.22 bits per heavy atom. The fraction of sp³-hybridized carbons (Fsp3) is 0.538. The van der Waals surface area contributed by atoms with Crippen molar-refractivity contribution in [3.05, 3.63) is 35.4 Å². The van der Waals surface area contributed by atoms with Crippen LogP contribution in [0, 0.1) is 5.92 Å². The molecule has 1 atom stereocenters. The molecule has 0 aliphatic rings. The van der Waals surface area contributed by atoms with Gasteiger partial charge in [-0.15, -0.1) is 0 Å². The summed E-state index contributed by atoms with van der Waals surface area (Å²) in [5, 5.41) is 3.18. The zero-order valence-electron chi connectivity index (χ0n) is 10.6. The second-order valence-corrected chi connectivity index (χ2v) is 4.39. The van der Waals surface area contributed by atoms with Gasteiger partial charge < -0.3 is 10.1 Å². The Morgan fingerprint density at radius 2 is 1.83 bits per heavy atom. The van der Waals surface area contributed by atoms with Gasteiger partial charge in [0, 0.05) is 26.8 Å². The Balaban J connectivity index is 2.40. The second-order valence-electron chi connectivity index (χ2n) is 4.39. The Labute approximate surface area is 105 Å². The van der Waals surface area contributed by atoms with Crippen molar-refractivity contribution in [2.24, 2.45) is 5.92 Å². The van der Waals surface area contributed by atoms with Gasteiger partial charge in [0.2, 0.25) is 0 Å². The maximum atomic E-state index is 12.3. The molecule has 5 heteroatoms. The summed E-state index contributed by atoms with van der Waals surface area (Å²) in [4.78, 5) is 0. The monoisotopic (exact) mass is 261 g/mol. The molecule has 0 aromatic heterocycles. The molecular formula is C13H18F3NO. The first-order valence-electron chi connectivity index (χ1n) is 5.79. The van der Waals surface area contributed by atoms with Crippen LogP contribution in [0.4, 0.5) is 13.2 Å². The highest BCUT2D eigenvalue weighted by Crippen LogP contribution is 2.28. The first-order valence-corrected chi connectivity index (χ1v) is 5.79. The molecule has 2 nitrogen and oxygen atoms in total. The Kier molecular flexibility index (Phi) is 5.62. The summed E-state index contributed by atoms with van der Waals surface area (Å²) < 4.78 is 42.0. The van der Waals surface area contributed by atoms with Crippen LogP contribution in [0.2, 0.25) is 0 Å². The molecule has 1 aromatic rings. The fourth-order valence-corrected chi connectivity index (χ4v) is 1.62. The van der Waals surface area contributed by atoms with E-state index >= 15 is 0 Å². The average Bonchev–Trinajstić information content (AvgIpc) is 2.29. The Morgan fingerprint density at radius 3 is 2.33 bits per heavy atom. The van der Waals surface area contributed by atoms with Crippen LogP contribution < -0.4 is 5.32 Å². The van der Waals surface area contributed by atoms with Crippen molar-refractivity contribution in [3.8, 4) is 0 Å². The maximum Gasteiger partial charge on any atom is 0.416 e. The average molecular weight is 261 g/mol. The van der Waals surface area contributed by atoms with E-state index in [0.29, 0.717) is 19.1 Å². The lowest BCUT2D eigenvalue weighted by atomic mass is 10.1. The summed E-state index contributed by atoms with van der Waals surface area (Å²) in [5.74, 6) is 0.379. The van der Waals surface area contributed by atoms with Crippen molar-refractivity contribution in [3.63, 3.8) is 0 Å². The van der Waals surface area contributed by atoms with Crippen LogP contribution in [0.3, 0.4) is 0 Å². The van der Waals surface area contributed by atoms with Crippen molar-refractivity contribution in [1.29, 1.82) is 0 Å². The molecular weight excluding hydrogens is 243 g/mol. The highest BCUT2D eigenvalue weighted by molar-refractivity contribution is 5.24. The van der Waals surface area contributed by atoms with Crippen molar-refractivity contribution in [2.45, 2.75) is 19.6 Å². The summed E-state index contributed by atoms with van der Waals surface area (Å²) in [6, 6.07) is 5.21. The van der Waals surface area contributed by atoms with E-state index in [1.165, 1.54) is 12.1 Å². The smallest absolute Gasteiger partial charge is 0.384 e. The van der Waals surface area contributed by atoms with Crippen molar-refractivity contribution in [2.75, 3.05) is 20.3 Å². The first-order chi connectivity index (χ1) is 8.43. The number of alkyl halides is 3. The van der Waals surface area contributed by atoms with E-state index in [-0.39, 0.29) is 0 Å². The van der Waals surface area contributed by atoms with Gasteiger partial charge in [-0.1, -0.05) is 19.1 Å². The predicted octanol–water partition coefficient (Wildman–Crippen LogP) is 3.08. The first kappa shape index (κ1) is 15.0. The Hall–Kier alpha value is -1.07. The van der Waals surface area contributed by atoms with Crippen LogP contribution in [0.5, 0.6) is 0 Å². The number of benzene rings is 1. The number of nitrogens with one attached hydrogen (secondary N) is 1. The van der Waals surface area contributed by atoms with E-state index in [1.807, 2.05) is 6.92 Å². The molecule has 0 saturated heterocycles. The molecule has 0 bridgehead atoms. The van der Waals surface area contributed by atoms with E-state index in [1.54, 1.807) is 7.11 Å². The standard InChI is InChI=1S/C13H18F3NO/c1-10(9-18-2)7-17-8-11-3-5-12(6-4-11)13(14,15)16/h3-6,10,17H,7-9H2,1-2H3. The van der Waals surface area contributed by atoms with Gasteiger partial charge in [-0.2, -0.15) is 13.2 Å². The van der Waals surface area contributed by atoms with Gasteiger partial charge in [0.15, 0.2) is 0 Å². The van der Waals surface area contributed by atoms with Gasteiger partial charge in [0.05, 0.1) is 5.56 Å². The summed E-state index contributed by atoms with van der Waals surface area (Å²) >= 11 is 0. The lowest BCUT2D eigenvalue weighted by Crippen LogP contribution is -2.23. The van der Waals surface area contributed by atoms with Crippen molar-refractivity contribution in [1.82, 2.24) is 5.32 Å². The molecule has 18 heavy (non-hydrogen) atoms. The van der Waals surface area contributed by atoms with Gasteiger partial charge in [0.25, 0.3) is 0 Å². The molecule has 0 saturated carbocycles. The molecule has 1 aromatic carbocycles. The minimum Gasteiger partial charge on any atom is -0.384 e. The third-order valence-corrected chi connectivity index (χ3v) is 2.55. The number of ether oxygens (including phenoxy) is 1. The molecule has 1 rings (SSSR count). The zero-order valence-corrected chi connectivity index (χ0v) is 10.6. The number of methoxy groups -OCH3 is 1. The van der Waals surface area contributed by atoms with E-state index in [0.717, 1.165) is 24.2 Å². The molecule has 1 N–H and O–H groups in total. The predicted molar refractivity (Wildman–Crippen MR) is 64.2 cm³/mol. The van der Waals surface area contributed by atoms with E-state index in [4.69, 9.17) is 4.74 Å². The van der Waals surface area contributed by atoms with Gasteiger partial charge >= 0.3 is 6.18 Å². The molecule has 0 heterocycles. The summed E-state index contributed by atoms with van der Waals surface area (Å²) in [5.41, 5.74) is 0.228. The van der Waals surface area contributed by atoms with Gasteiger partial charge in [-0.25, -0.2) is 0 Å². The lowest BCUT2D eigenvalue weighted by Gasteiger charge is -2.12. The summed E-state index contributed by atoms with van der Waals surface area (Å²) in [6.45, 7) is 4.05. The molecule has 102 valence electrons. The normalized spacial score (nSPS) is 13.6. The molecule has 0 amide bonds. The van der Waals surface area contributed by atoms with Gasteiger partial charge in [-0.3, -0.25) is 0 Å². The minimum absolute atomic E-state index is 0.379. The summed E-state index contributed by atoms with van der Waals surface area (Å²) in [6.07, 6.45) is -4.26. The molecule has 1 unspecified atom stereocenters. The highest BCUT2D eigenvalue weighted by Gasteiger charge is 2.29. The van der Waals surface area contributed by atoms with Crippen molar-refractivity contribution < 1.29 is 17.9 Å². The second kappa shape index (κ2) is 6.75. The minimum atomic E-state index is -4.26. The number of rotatable bonds is 6. The van der Waals surface area contributed by atoms with Crippen LogP contribution >= 0.6 is 0 Å². The Bertz CT molecular complexity index is 348. The molecule has 0 spiro atoms. The lowest BCUT2D eigenvalue weighted by molar-refractivity contribution is -0.137. The highest BCUT2D eigenvalue weighted by atomic mass is 19.4. The van der Waals surface area contributed by atoms with E-state index < -0.39 is 11.7 Å². The third kappa shape index (κ3) is 5.06. The largest absolute Gasteiger partial charge is 0.416 e. The van der Waals surface area contributed by atoms with Crippen molar-refractivity contribution >= 4 is 0 Å².